The van der Waals surface area contributed by atoms with Gasteiger partial charge in [-0.2, -0.15) is 0 Å². The lowest BCUT2D eigenvalue weighted by Gasteiger charge is -2.28. The largest absolute Gasteiger partial charge is 0.473 e. The summed E-state index contributed by atoms with van der Waals surface area (Å²) in [4.78, 5) is 8.03. The lowest BCUT2D eigenvalue weighted by atomic mass is 9.94. The van der Waals surface area contributed by atoms with Crippen LogP contribution in [0, 0.1) is 5.82 Å². The summed E-state index contributed by atoms with van der Waals surface area (Å²) in [5.41, 5.74) is 0.437. The van der Waals surface area contributed by atoms with Gasteiger partial charge in [0.05, 0.1) is 11.9 Å². The molecule has 8 heteroatoms. The van der Waals surface area contributed by atoms with E-state index in [4.69, 9.17) is 4.74 Å². The van der Waals surface area contributed by atoms with E-state index in [9.17, 15) is 12.8 Å². The van der Waals surface area contributed by atoms with Crippen molar-refractivity contribution >= 4 is 10.0 Å². The smallest absolute Gasteiger partial charge is 0.232 e. The molecule has 2 aromatic rings. The van der Waals surface area contributed by atoms with E-state index in [0.717, 1.165) is 12.8 Å². The Balaban J connectivity index is 1.49. The van der Waals surface area contributed by atoms with Crippen LogP contribution in [0.3, 0.4) is 0 Å². The van der Waals surface area contributed by atoms with Gasteiger partial charge >= 0.3 is 0 Å². The number of benzene rings is 1. The molecule has 3 rings (SSSR count). The van der Waals surface area contributed by atoms with E-state index in [2.05, 4.69) is 14.7 Å². The van der Waals surface area contributed by atoms with Gasteiger partial charge < -0.3 is 4.74 Å². The number of hydrogen-bond acceptors (Lipinski definition) is 5. The highest BCUT2D eigenvalue weighted by atomic mass is 32.2. The highest BCUT2D eigenvalue weighted by Gasteiger charge is 2.26. The van der Waals surface area contributed by atoms with Gasteiger partial charge in [0.15, 0.2) is 0 Å². The van der Waals surface area contributed by atoms with Crippen LogP contribution in [0.4, 0.5) is 4.39 Å². The first kappa shape index (κ1) is 17.8. The summed E-state index contributed by atoms with van der Waals surface area (Å²) in [6.07, 6.45) is 7.58. The monoisotopic (exact) mass is 365 g/mol. The second-order valence-electron chi connectivity index (χ2n) is 6.14. The van der Waals surface area contributed by atoms with Crippen LogP contribution in [0.1, 0.15) is 31.2 Å². The topological polar surface area (TPSA) is 81.2 Å². The Hall–Kier alpha value is -2.06. The van der Waals surface area contributed by atoms with E-state index >= 15 is 0 Å². The molecule has 134 valence electrons. The maximum absolute atomic E-state index is 13.2. The van der Waals surface area contributed by atoms with E-state index < -0.39 is 15.8 Å². The summed E-state index contributed by atoms with van der Waals surface area (Å²) < 4.78 is 46.2. The van der Waals surface area contributed by atoms with Crippen molar-refractivity contribution in [2.24, 2.45) is 0 Å². The quantitative estimate of drug-likeness (QED) is 0.850. The summed E-state index contributed by atoms with van der Waals surface area (Å²) in [6, 6.07) is 5.52. The van der Waals surface area contributed by atoms with Crippen molar-refractivity contribution in [1.29, 1.82) is 0 Å². The van der Waals surface area contributed by atoms with Gasteiger partial charge in [0.1, 0.15) is 11.9 Å². The molecule has 1 aliphatic rings. The third kappa shape index (κ3) is 5.47. The average Bonchev–Trinajstić information content (AvgIpc) is 2.57. The van der Waals surface area contributed by atoms with Crippen LogP contribution in [0.15, 0.2) is 42.9 Å². The van der Waals surface area contributed by atoms with E-state index in [1.54, 1.807) is 24.7 Å². The van der Waals surface area contributed by atoms with Crippen molar-refractivity contribution in [2.45, 2.75) is 43.6 Å². The first-order chi connectivity index (χ1) is 12.0. The molecule has 0 atom stereocenters. The molecule has 1 aromatic heterocycles. The number of rotatable bonds is 6. The molecule has 0 aliphatic heterocycles. The Morgan fingerprint density at radius 2 is 2.00 bits per heavy atom. The van der Waals surface area contributed by atoms with Gasteiger partial charge in [-0.25, -0.2) is 22.5 Å². The third-order valence-corrected chi connectivity index (χ3v) is 5.50. The lowest BCUT2D eigenvalue weighted by Crippen LogP contribution is -2.40. The Kier molecular flexibility index (Phi) is 5.60. The Bertz CT molecular complexity index is 794. The maximum atomic E-state index is 13.2. The summed E-state index contributed by atoms with van der Waals surface area (Å²) in [5, 5.41) is 0. The average molecular weight is 365 g/mol. The van der Waals surface area contributed by atoms with Gasteiger partial charge in [-0.3, -0.25) is 4.98 Å². The van der Waals surface area contributed by atoms with Gasteiger partial charge in [-0.15, -0.1) is 0 Å². The van der Waals surface area contributed by atoms with Crippen LogP contribution in [-0.2, 0) is 15.8 Å². The predicted molar refractivity (Wildman–Crippen MR) is 90.9 cm³/mol. The second-order valence-corrected chi connectivity index (χ2v) is 7.90. The number of nitrogens with zero attached hydrogens (tertiary/aromatic N) is 2. The number of hydrogen-bond donors (Lipinski definition) is 1. The van der Waals surface area contributed by atoms with E-state index in [-0.39, 0.29) is 17.9 Å². The van der Waals surface area contributed by atoms with Crippen LogP contribution in [0.2, 0.25) is 0 Å². The third-order valence-electron chi connectivity index (χ3n) is 4.09. The van der Waals surface area contributed by atoms with Crippen molar-refractivity contribution < 1.29 is 17.5 Å². The highest BCUT2D eigenvalue weighted by Crippen LogP contribution is 2.23. The maximum Gasteiger partial charge on any atom is 0.232 e. The van der Waals surface area contributed by atoms with Crippen molar-refractivity contribution in [1.82, 2.24) is 14.7 Å². The van der Waals surface area contributed by atoms with Crippen molar-refractivity contribution in [2.75, 3.05) is 0 Å². The number of nitrogens with one attached hydrogen (secondary N) is 1. The van der Waals surface area contributed by atoms with Gasteiger partial charge in [0.2, 0.25) is 15.9 Å². The number of halogens is 1. The molecule has 1 N–H and O–H groups in total. The van der Waals surface area contributed by atoms with Crippen molar-refractivity contribution in [3.05, 3.63) is 54.2 Å². The Morgan fingerprint density at radius 1 is 1.20 bits per heavy atom. The minimum Gasteiger partial charge on any atom is -0.473 e. The molecule has 0 unspecified atom stereocenters. The molecule has 0 bridgehead atoms. The fraction of sp³-hybridized carbons (Fsp3) is 0.412. The normalized spacial score (nSPS) is 21.0. The van der Waals surface area contributed by atoms with E-state index in [1.165, 1.54) is 18.2 Å². The standard InChI is InChI=1S/C17H20FN3O3S/c18-14-3-1-2-13(10-14)12-25(22,23)21-15-4-6-16(7-5-15)24-17-11-19-8-9-20-17/h1-3,8-11,15-16,21H,4-7,12H2. The first-order valence-electron chi connectivity index (χ1n) is 8.17. The fourth-order valence-electron chi connectivity index (χ4n) is 2.96. The second kappa shape index (κ2) is 7.88. The van der Waals surface area contributed by atoms with Crippen LogP contribution in [0.5, 0.6) is 5.88 Å². The summed E-state index contributed by atoms with van der Waals surface area (Å²) in [5.74, 6) is -0.173. The van der Waals surface area contributed by atoms with E-state index in [1.807, 2.05) is 0 Å². The SMILES string of the molecule is O=S(=O)(Cc1cccc(F)c1)NC1CCC(Oc2cnccn2)CC1. The molecule has 1 fully saturated rings. The molecular weight excluding hydrogens is 345 g/mol. The molecule has 0 radical (unpaired) electrons. The molecule has 0 amide bonds. The highest BCUT2D eigenvalue weighted by molar-refractivity contribution is 7.88. The zero-order valence-corrected chi connectivity index (χ0v) is 14.5. The van der Waals surface area contributed by atoms with Crippen LogP contribution in [0.25, 0.3) is 0 Å². The van der Waals surface area contributed by atoms with Gasteiger partial charge in [0.25, 0.3) is 0 Å². The minimum absolute atomic E-state index is 0.0145. The van der Waals surface area contributed by atoms with Crippen LogP contribution < -0.4 is 9.46 Å². The molecule has 1 aliphatic carbocycles. The summed E-state index contributed by atoms with van der Waals surface area (Å²) in [6.45, 7) is 0. The van der Waals surface area contributed by atoms with Crippen LogP contribution in [-0.4, -0.2) is 30.5 Å². The van der Waals surface area contributed by atoms with Crippen molar-refractivity contribution in [3.63, 3.8) is 0 Å². The Morgan fingerprint density at radius 3 is 2.68 bits per heavy atom. The minimum atomic E-state index is -3.51. The van der Waals surface area contributed by atoms with E-state index in [0.29, 0.717) is 24.3 Å². The fourth-order valence-corrected chi connectivity index (χ4v) is 4.40. The predicted octanol–water partition coefficient (Wildman–Crippen LogP) is 2.43. The Labute approximate surface area is 146 Å². The number of ether oxygens (including phenoxy) is 1. The molecule has 0 saturated heterocycles. The van der Waals surface area contributed by atoms with Gasteiger partial charge in [0, 0.05) is 18.4 Å². The molecule has 1 heterocycles. The van der Waals surface area contributed by atoms with Crippen LogP contribution >= 0.6 is 0 Å². The van der Waals surface area contributed by atoms with Crippen molar-refractivity contribution in [3.8, 4) is 5.88 Å². The molecular formula is C17H20FN3O3S. The zero-order chi connectivity index (χ0) is 17.7. The molecule has 25 heavy (non-hydrogen) atoms. The van der Waals surface area contributed by atoms with Gasteiger partial charge in [-0.05, 0) is 43.4 Å². The zero-order valence-electron chi connectivity index (χ0n) is 13.6. The molecule has 0 spiro atoms. The number of sulfonamides is 1. The first-order valence-corrected chi connectivity index (χ1v) is 9.82. The molecule has 1 aromatic carbocycles. The summed E-state index contributed by atoms with van der Waals surface area (Å²) >= 11 is 0. The lowest BCUT2D eigenvalue weighted by molar-refractivity contribution is 0.138. The molecule has 1 saturated carbocycles. The van der Waals surface area contributed by atoms with Gasteiger partial charge in [-0.1, -0.05) is 12.1 Å². The summed E-state index contributed by atoms with van der Waals surface area (Å²) in [7, 11) is -3.51. The number of aromatic nitrogens is 2. The molecule has 6 nitrogen and oxygen atoms in total.